The Morgan fingerprint density at radius 1 is 1.00 bits per heavy atom. The first-order valence-corrected chi connectivity index (χ1v) is 5.79. The number of nitrogen functional groups attached to an aromatic ring is 1. The van der Waals surface area contributed by atoms with Crippen molar-refractivity contribution in [2.75, 3.05) is 5.73 Å². The lowest BCUT2D eigenvalue weighted by atomic mass is 10.0. The van der Waals surface area contributed by atoms with Crippen LogP contribution in [0.25, 0.3) is 0 Å². The average Bonchev–Trinajstić information content (AvgIpc) is 2.35. The molecular formula is C13H8Cl2FNO. The van der Waals surface area contributed by atoms with Crippen LogP contribution in [0.3, 0.4) is 0 Å². The Labute approximate surface area is 113 Å². The van der Waals surface area contributed by atoms with Crippen LogP contribution in [0.1, 0.15) is 15.9 Å². The third-order valence-corrected chi connectivity index (χ3v) is 3.18. The SMILES string of the molecule is Nc1ccc(C(=O)c2ccc(Cl)c(Cl)c2)cc1F. The van der Waals surface area contributed by atoms with Crippen LogP contribution in [0.4, 0.5) is 10.1 Å². The van der Waals surface area contributed by atoms with Crippen LogP contribution in [0, 0.1) is 5.82 Å². The number of carbonyl (C=O) groups is 1. The lowest BCUT2D eigenvalue weighted by Crippen LogP contribution is -2.03. The number of halogens is 3. The minimum atomic E-state index is -0.624. The summed E-state index contributed by atoms with van der Waals surface area (Å²) < 4.78 is 13.3. The topological polar surface area (TPSA) is 43.1 Å². The molecule has 0 aliphatic carbocycles. The second-order valence-electron chi connectivity index (χ2n) is 3.69. The molecule has 0 aromatic heterocycles. The van der Waals surface area contributed by atoms with Gasteiger partial charge in [-0.15, -0.1) is 0 Å². The van der Waals surface area contributed by atoms with Crippen LogP contribution >= 0.6 is 23.2 Å². The number of nitrogens with two attached hydrogens (primary N) is 1. The van der Waals surface area contributed by atoms with E-state index in [1.807, 2.05) is 0 Å². The molecule has 0 bridgehead atoms. The molecule has 2 aromatic rings. The van der Waals surface area contributed by atoms with E-state index in [0.29, 0.717) is 10.6 Å². The van der Waals surface area contributed by atoms with Crippen LogP contribution in [-0.2, 0) is 0 Å². The van der Waals surface area contributed by atoms with Gasteiger partial charge in [-0.2, -0.15) is 0 Å². The van der Waals surface area contributed by atoms with Crippen molar-refractivity contribution in [1.29, 1.82) is 0 Å². The summed E-state index contributed by atoms with van der Waals surface area (Å²) in [4.78, 5) is 12.1. The van der Waals surface area contributed by atoms with Crippen molar-refractivity contribution in [3.05, 3.63) is 63.4 Å². The van der Waals surface area contributed by atoms with Crippen molar-refractivity contribution in [1.82, 2.24) is 0 Å². The fourth-order valence-corrected chi connectivity index (χ4v) is 1.77. The summed E-state index contributed by atoms with van der Waals surface area (Å²) in [7, 11) is 0. The van der Waals surface area contributed by atoms with E-state index in [0.717, 1.165) is 6.07 Å². The predicted molar refractivity (Wildman–Crippen MR) is 70.7 cm³/mol. The first-order valence-electron chi connectivity index (χ1n) is 5.04. The van der Waals surface area contributed by atoms with E-state index >= 15 is 0 Å². The second-order valence-corrected chi connectivity index (χ2v) is 4.51. The van der Waals surface area contributed by atoms with Gasteiger partial charge in [-0.3, -0.25) is 4.79 Å². The zero-order valence-electron chi connectivity index (χ0n) is 9.08. The lowest BCUT2D eigenvalue weighted by molar-refractivity contribution is 0.103. The van der Waals surface area contributed by atoms with Crippen molar-refractivity contribution >= 4 is 34.7 Å². The third-order valence-electron chi connectivity index (χ3n) is 2.44. The highest BCUT2D eigenvalue weighted by molar-refractivity contribution is 6.42. The highest BCUT2D eigenvalue weighted by Gasteiger charge is 2.12. The zero-order valence-corrected chi connectivity index (χ0v) is 10.6. The molecule has 0 aliphatic rings. The van der Waals surface area contributed by atoms with Gasteiger partial charge in [0.1, 0.15) is 5.82 Å². The number of anilines is 1. The van der Waals surface area contributed by atoms with Crippen molar-refractivity contribution in [2.24, 2.45) is 0 Å². The van der Waals surface area contributed by atoms with E-state index in [4.69, 9.17) is 28.9 Å². The van der Waals surface area contributed by atoms with Crippen LogP contribution < -0.4 is 5.73 Å². The molecule has 0 fully saturated rings. The summed E-state index contributed by atoms with van der Waals surface area (Å²) in [6.07, 6.45) is 0. The molecule has 0 radical (unpaired) electrons. The summed E-state index contributed by atoms with van der Waals surface area (Å²) in [5.41, 5.74) is 5.90. The maximum atomic E-state index is 13.3. The molecule has 2 rings (SSSR count). The Kier molecular flexibility index (Phi) is 3.55. The van der Waals surface area contributed by atoms with Gasteiger partial charge in [0.25, 0.3) is 0 Å². The molecule has 0 aliphatic heterocycles. The highest BCUT2D eigenvalue weighted by Crippen LogP contribution is 2.24. The smallest absolute Gasteiger partial charge is 0.193 e. The largest absolute Gasteiger partial charge is 0.396 e. The van der Waals surface area contributed by atoms with Gasteiger partial charge < -0.3 is 5.73 Å². The molecule has 2 nitrogen and oxygen atoms in total. The van der Waals surface area contributed by atoms with E-state index in [2.05, 4.69) is 0 Å². The minimum Gasteiger partial charge on any atom is -0.396 e. The number of hydrogen-bond acceptors (Lipinski definition) is 2. The standard InChI is InChI=1S/C13H8Cl2FNO/c14-9-3-1-7(5-10(9)15)13(18)8-2-4-12(17)11(16)6-8/h1-6H,17H2. The first-order chi connectivity index (χ1) is 8.49. The average molecular weight is 284 g/mol. The molecule has 0 heterocycles. The molecule has 5 heteroatoms. The van der Waals surface area contributed by atoms with E-state index in [1.54, 1.807) is 0 Å². The van der Waals surface area contributed by atoms with Gasteiger partial charge in [0.2, 0.25) is 0 Å². The van der Waals surface area contributed by atoms with Crippen LogP contribution in [0.5, 0.6) is 0 Å². The maximum Gasteiger partial charge on any atom is 0.193 e. The number of hydrogen-bond donors (Lipinski definition) is 1. The lowest BCUT2D eigenvalue weighted by Gasteiger charge is -2.04. The van der Waals surface area contributed by atoms with Gasteiger partial charge in [0.05, 0.1) is 15.7 Å². The van der Waals surface area contributed by atoms with Gasteiger partial charge in [-0.1, -0.05) is 23.2 Å². The second kappa shape index (κ2) is 4.96. The van der Waals surface area contributed by atoms with E-state index in [9.17, 15) is 9.18 Å². The van der Waals surface area contributed by atoms with Crippen molar-refractivity contribution in [3.63, 3.8) is 0 Å². The summed E-state index contributed by atoms with van der Waals surface area (Å²) in [6.45, 7) is 0. The van der Waals surface area contributed by atoms with Gasteiger partial charge in [0, 0.05) is 11.1 Å². The Bertz CT molecular complexity index is 575. The van der Waals surface area contributed by atoms with Crippen LogP contribution in [-0.4, -0.2) is 5.78 Å². The van der Waals surface area contributed by atoms with Gasteiger partial charge in [-0.25, -0.2) is 4.39 Å². The number of rotatable bonds is 2. The van der Waals surface area contributed by atoms with E-state index < -0.39 is 5.82 Å². The van der Waals surface area contributed by atoms with Crippen molar-refractivity contribution in [2.45, 2.75) is 0 Å². The molecule has 18 heavy (non-hydrogen) atoms. The maximum absolute atomic E-state index is 13.3. The van der Waals surface area contributed by atoms with E-state index in [1.165, 1.54) is 30.3 Å². The quantitative estimate of drug-likeness (QED) is 0.670. The Morgan fingerprint density at radius 3 is 2.22 bits per heavy atom. The fourth-order valence-electron chi connectivity index (χ4n) is 1.47. The molecule has 92 valence electrons. The fraction of sp³-hybridized carbons (Fsp3) is 0. The highest BCUT2D eigenvalue weighted by atomic mass is 35.5. The van der Waals surface area contributed by atoms with Gasteiger partial charge in [-0.05, 0) is 36.4 Å². The Balaban J connectivity index is 2.41. The minimum absolute atomic E-state index is 0.000638. The summed E-state index contributed by atoms with van der Waals surface area (Å²) in [6, 6.07) is 8.40. The molecule has 0 spiro atoms. The van der Waals surface area contributed by atoms with Crippen molar-refractivity contribution in [3.8, 4) is 0 Å². The Hall–Kier alpha value is -1.58. The first kappa shape index (κ1) is 12.9. The van der Waals surface area contributed by atoms with Gasteiger partial charge in [0.15, 0.2) is 5.78 Å². The molecule has 0 unspecified atom stereocenters. The molecule has 0 saturated carbocycles. The zero-order chi connectivity index (χ0) is 13.3. The molecule has 0 atom stereocenters. The van der Waals surface area contributed by atoms with Crippen LogP contribution in [0.15, 0.2) is 36.4 Å². The van der Waals surface area contributed by atoms with Crippen LogP contribution in [0.2, 0.25) is 10.0 Å². The molecule has 2 aromatic carbocycles. The van der Waals surface area contributed by atoms with E-state index in [-0.39, 0.29) is 22.1 Å². The van der Waals surface area contributed by atoms with Crippen molar-refractivity contribution < 1.29 is 9.18 Å². The molecule has 0 saturated heterocycles. The summed E-state index contributed by atoms with van der Waals surface area (Å²) in [5.74, 6) is -0.964. The third kappa shape index (κ3) is 2.47. The summed E-state index contributed by atoms with van der Waals surface area (Å²) >= 11 is 11.6. The summed E-state index contributed by atoms with van der Waals surface area (Å²) in [5, 5.41) is 0.634. The normalized spacial score (nSPS) is 10.4. The number of benzene rings is 2. The number of ketones is 1. The number of carbonyl (C=O) groups excluding carboxylic acids is 1. The predicted octanol–water partition coefficient (Wildman–Crippen LogP) is 3.95. The van der Waals surface area contributed by atoms with Gasteiger partial charge >= 0.3 is 0 Å². The molecule has 0 amide bonds. The monoisotopic (exact) mass is 283 g/mol. The molecule has 2 N–H and O–H groups in total. The molecular weight excluding hydrogens is 276 g/mol. The Morgan fingerprint density at radius 2 is 1.61 bits per heavy atom.